The molecule has 0 radical (unpaired) electrons. The molecule has 1 N–H and O–H groups in total. The SMILES string of the molecule is C=C1C(=O)O[C@H]2C[C@@]3(COC(C)=O)[C@@H]4O[C@@H](O[C@H]4O)C(=C)[C@@H]3C[C@@H]12. The van der Waals surface area contributed by atoms with E-state index in [1.54, 1.807) is 0 Å². The van der Waals surface area contributed by atoms with Crippen molar-refractivity contribution >= 4 is 11.9 Å². The minimum absolute atomic E-state index is 0.0527. The van der Waals surface area contributed by atoms with Gasteiger partial charge in [-0.05, 0) is 24.3 Å². The Bertz CT molecular complexity index is 641. The third-order valence-corrected chi connectivity index (χ3v) is 5.84. The van der Waals surface area contributed by atoms with Gasteiger partial charge >= 0.3 is 11.9 Å². The van der Waals surface area contributed by atoms with E-state index in [1.165, 1.54) is 6.92 Å². The van der Waals surface area contributed by atoms with Gasteiger partial charge in [0.2, 0.25) is 0 Å². The molecule has 7 nitrogen and oxygen atoms in total. The van der Waals surface area contributed by atoms with Crippen molar-refractivity contribution in [3.63, 3.8) is 0 Å². The molecule has 130 valence electrons. The fourth-order valence-corrected chi connectivity index (χ4v) is 4.66. The summed E-state index contributed by atoms with van der Waals surface area (Å²) in [6, 6.07) is 0. The number of carbonyl (C=O) groups is 2. The lowest BCUT2D eigenvalue weighted by atomic mass is 9.56. The van der Waals surface area contributed by atoms with E-state index in [9.17, 15) is 14.7 Å². The number of aliphatic hydroxyl groups excluding tert-OH is 1. The van der Waals surface area contributed by atoms with Gasteiger partial charge < -0.3 is 24.1 Å². The van der Waals surface area contributed by atoms with Crippen LogP contribution in [0.25, 0.3) is 0 Å². The maximum absolute atomic E-state index is 11.9. The molecule has 4 rings (SSSR count). The monoisotopic (exact) mass is 336 g/mol. The first-order chi connectivity index (χ1) is 11.3. The van der Waals surface area contributed by atoms with Gasteiger partial charge in [-0.3, -0.25) is 4.79 Å². The summed E-state index contributed by atoms with van der Waals surface area (Å²) in [5, 5.41) is 10.3. The molecule has 3 saturated heterocycles. The molecule has 7 atom stereocenters. The summed E-state index contributed by atoms with van der Waals surface area (Å²) in [6.45, 7) is 9.32. The molecule has 7 heteroatoms. The van der Waals surface area contributed by atoms with Gasteiger partial charge in [0, 0.05) is 23.8 Å². The van der Waals surface area contributed by atoms with Crippen LogP contribution in [-0.2, 0) is 28.5 Å². The maximum Gasteiger partial charge on any atom is 0.334 e. The van der Waals surface area contributed by atoms with E-state index < -0.39 is 30.1 Å². The first-order valence-corrected chi connectivity index (χ1v) is 8.04. The Balaban J connectivity index is 1.74. The van der Waals surface area contributed by atoms with E-state index in [0.29, 0.717) is 24.0 Å². The summed E-state index contributed by atoms with van der Waals surface area (Å²) < 4.78 is 22.0. The Morgan fingerprint density at radius 2 is 2.17 bits per heavy atom. The summed E-state index contributed by atoms with van der Waals surface area (Å²) in [7, 11) is 0. The average molecular weight is 336 g/mol. The number of ether oxygens (including phenoxy) is 4. The molecule has 0 unspecified atom stereocenters. The first-order valence-electron chi connectivity index (χ1n) is 8.04. The number of hydrogen-bond acceptors (Lipinski definition) is 7. The second-order valence-electron chi connectivity index (χ2n) is 7.07. The normalized spacial score (nSPS) is 46.3. The number of rotatable bonds is 2. The van der Waals surface area contributed by atoms with Crippen LogP contribution in [-0.4, -0.2) is 48.4 Å². The largest absolute Gasteiger partial charge is 0.465 e. The van der Waals surface area contributed by atoms with Crippen molar-refractivity contribution < 1.29 is 33.6 Å². The summed E-state index contributed by atoms with van der Waals surface area (Å²) in [4.78, 5) is 23.3. The maximum atomic E-state index is 11.9. The van der Waals surface area contributed by atoms with Crippen LogP contribution in [0.5, 0.6) is 0 Å². The first kappa shape index (κ1) is 15.8. The van der Waals surface area contributed by atoms with E-state index >= 15 is 0 Å². The van der Waals surface area contributed by atoms with Gasteiger partial charge in [0.15, 0.2) is 12.6 Å². The zero-order chi connectivity index (χ0) is 17.2. The molecular formula is C17H20O7. The highest BCUT2D eigenvalue weighted by molar-refractivity contribution is 5.90. The van der Waals surface area contributed by atoms with Gasteiger partial charge in [-0.15, -0.1) is 0 Å². The van der Waals surface area contributed by atoms with Crippen molar-refractivity contribution in [3.05, 3.63) is 24.3 Å². The molecule has 4 aliphatic rings. The molecule has 0 aromatic carbocycles. The van der Waals surface area contributed by atoms with E-state index in [1.807, 2.05) is 0 Å². The lowest BCUT2D eigenvalue weighted by Gasteiger charge is -2.52. The fourth-order valence-electron chi connectivity index (χ4n) is 4.66. The molecule has 3 aliphatic heterocycles. The third-order valence-electron chi connectivity index (χ3n) is 5.84. The highest BCUT2D eigenvalue weighted by Crippen LogP contribution is 2.59. The van der Waals surface area contributed by atoms with Crippen molar-refractivity contribution in [2.24, 2.45) is 17.3 Å². The molecule has 4 fully saturated rings. The minimum Gasteiger partial charge on any atom is -0.465 e. The lowest BCUT2D eigenvalue weighted by molar-refractivity contribution is -0.187. The molecule has 1 saturated carbocycles. The Labute approximate surface area is 139 Å². The van der Waals surface area contributed by atoms with Crippen LogP contribution < -0.4 is 0 Å². The summed E-state index contributed by atoms with van der Waals surface area (Å²) in [6.07, 6.45) is -1.85. The van der Waals surface area contributed by atoms with Gasteiger partial charge in [-0.2, -0.15) is 0 Å². The van der Waals surface area contributed by atoms with Crippen molar-refractivity contribution in [1.29, 1.82) is 0 Å². The molecular weight excluding hydrogens is 316 g/mol. The van der Waals surface area contributed by atoms with E-state index in [2.05, 4.69) is 13.2 Å². The fraction of sp³-hybridized carbons (Fsp3) is 0.647. The molecule has 0 spiro atoms. The second-order valence-corrected chi connectivity index (χ2v) is 7.07. The summed E-state index contributed by atoms with van der Waals surface area (Å²) in [5.41, 5.74) is 0.427. The zero-order valence-electron chi connectivity index (χ0n) is 13.4. The molecule has 0 aromatic rings. The van der Waals surface area contributed by atoms with Crippen LogP contribution in [0.15, 0.2) is 24.3 Å². The number of hydrogen-bond donors (Lipinski definition) is 1. The Kier molecular flexibility index (Phi) is 3.39. The molecule has 3 heterocycles. The molecule has 0 aromatic heterocycles. The number of carbonyl (C=O) groups excluding carboxylic acids is 2. The highest BCUT2D eigenvalue weighted by Gasteiger charge is 2.65. The summed E-state index contributed by atoms with van der Waals surface area (Å²) in [5.74, 6) is -1.02. The van der Waals surface area contributed by atoms with Crippen LogP contribution in [0.1, 0.15) is 19.8 Å². The predicted molar refractivity (Wildman–Crippen MR) is 79.2 cm³/mol. The van der Waals surface area contributed by atoms with Crippen LogP contribution in [0.2, 0.25) is 0 Å². The van der Waals surface area contributed by atoms with Crippen molar-refractivity contribution in [2.75, 3.05) is 6.61 Å². The topological polar surface area (TPSA) is 91.3 Å². The van der Waals surface area contributed by atoms with E-state index in [-0.39, 0.29) is 30.5 Å². The standard InChI is InChI=1S/C17H20O7/c1-7-10-4-11-8(2)16-23-13(15(20)24-16)17(11,6-21-9(3)18)5-12(10)22-14(7)19/h10-13,15-16,20H,1-2,4-6H2,3H3/t10-,11-,12-,13+,15+,16-,17-/m0/s1. The van der Waals surface area contributed by atoms with Gasteiger partial charge in [-0.25, -0.2) is 4.79 Å². The predicted octanol–water partition coefficient (Wildman–Crippen LogP) is 0.673. The molecule has 0 amide bonds. The smallest absolute Gasteiger partial charge is 0.334 e. The van der Waals surface area contributed by atoms with Crippen molar-refractivity contribution in [2.45, 2.75) is 44.6 Å². The van der Waals surface area contributed by atoms with Gasteiger partial charge in [0.1, 0.15) is 18.8 Å². The summed E-state index contributed by atoms with van der Waals surface area (Å²) >= 11 is 0. The Hall–Kier alpha value is -1.70. The van der Waals surface area contributed by atoms with E-state index in [4.69, 9.17) is 18.9 Å². The molecule has 24 heavy (non-hydrogen) atoms. The minimum atomic E-state index is -1.14. The van der Waals surface area contributed by atoms with Crippen LogP contribution in [0, 0.1) is 17.3 Å². The van der Waals surface area contributed by atoms with Crippen molar-refractivity contribution in [3.8, 4) is 0 Å². The van der Waals surface area contributed by atoms with Crippen LogP contribution >= 0.6 is 0 Å². The second kappa shape index (κ2) is 5.15. The zero-order valence-corrected chi connectivity index (χ0v) is 13.4. The van der Waals surface area contributed by atoms with Crippen molar-refractivity contribution in [1.82, 2.24) is 0 Å². The van der Waals surface area contributed by atoms with Crippen LogP contribution in [0.4, 0.5) is 0 Å². The van der Waals surface area contributed by atoms with Crippen LogP contribution in [0.3, 0.4) is 0 Å². The van der Waals surface area contributed by atoms with Gasteiger partial charge in [-0.1, -0.05) is 13.2 Å². The number of esters is 2. The van der Waals surface area contributed by atoms with E-state index in [0.717, 1.165) is 0 Å². The quantitative estimate of drug-likeness (QED) is 0.450. The Morgan fingerprint density at radius 3 is 2.88 bits per heavy atom. The third kappa shape index (κ3) is 2.01. The average Bonchev–Trinajstić information content (AvgIpc) is 3.02. The lowest BCUT2D eigenvalue weighted by Crippen LogP contribution is -2.58. The van der Waals surface area contributed by atoms with Gasteiger partial charge in [0.05, 0.1) is 0 Å². The van der Waals surface area contributed by atoms with Gasteiger partial charge in [0.25, 0.3) is 0 Å². The Morgan fingerprint density at radius 1 is 1.42 bits per heavy atom. The number of fused-ring (bicyclic) bond motifs is 5. The molecule has 2 bridgehead atoms. The highest BCUT2D eigenvalue weighted by atomic mass is 16.8. The molecule has 1 aliphatic carbocycles. The number of aliphatic hydroxyl groups is 1.